The molecule has 1 heterocycles. The van der Waals surface area contributed by atoms with Gasteiger partial charge in [0.05, 0.1) is 11.4 Å². The van der Waals surface area contributed by atoms with Gasteiger partial charge in [-0.2, -0.15) is 10.4 Å². The normalized spacial score (nSPS) is 10.8. The first-order valence-electron chi connectivity index (χ1n) is 8.04. The highest BCUT2D eigenvalue weighted by Gasteiger charge is 2.15. The fourth-order valence-electron chi connectivity index (χ4n) is 2.30. The predicted octanol–water partition coefficient (Wildman–Crippen LogP) is 2.19. The molecule has 7 nitrogen and oxygen atoms in total. The molecule has 1 aromatic heterocycles. The van der Waals surface area contributed by atoms with E-state index in [0.717, 1.165) is 25.1 Å². The number of hydrogen-bond acceptors (Lipinski definition) is 4. The van der Waals surface area contributed by atoms with Crippen LogP contribution in [-0.2, 0) is 6.42 Å². The number of anilines is 1. The third-order valence-electron chi connectivity index (χ3n) is 3.51. The number of hydrogen-bond donors (Lipinski definition) is 3. The molecule has 0 bridgehead atoms. The van der Waals surface area contributed by atoms with Crippen LogP contribution in [0.1, 0.15) is 31.0 Å². The molecule has 5 N–H and O–H groups in total. The molecule has 0 saturated carbocycles. The molecule has 0 aliphatic heterocycles. The fraction of sp³-hybridized carbons (Fsp3) is 0.353. The average Bonchev–Trinajstić information content (AvgIpc) is 2.93. The van der Waals surface area contributed by atoms with Crippen LogP contribution in [0.2, 0.25) is 0 Å². The fourth-order valence-corrected chi connectivity index (χ4v) is 2.30. The van der Waals surface area contributed by atoms with Gasteiger partial charge in [0.2, 0.25) is 0 Å². The Labute approximate surface area is 165 Å². The molecule has 8 heteroatoms. The third-order valence-corrected chi connectivity index (χ3v) is 3.51. The van der Waals surface area contributed by atoms with Crippen molar-refractivity contribution >= 4 is 35.8 Å². The Kier molecular flexibility index (Phi) is 8.77. The van der Waals surface area contributed by atoms with Crippen molar-refractivity contribution in [3.63, 3.8) is 0 Å². The van der Waals surface area contributed by atoms with Gasteiger partial charge in [-0.15, -0.1) is 24.0 Å². The van der Waals surface area contributed by atoms with Gasteiger partial charge >= 0.3 is 0 Å². The number of nitrogens with two attached hydrogens (primary N) is 2. The van der Waals surface area contributed by atoms with Gasteiger partial charge < -0.3 is 16.8 Å². The number of halogens is 1. The van der Waals surface area contributed by atoms with E-state index in [9.17, 15) is 5.26 Å². The minimum absolute atomic E-state index is 0. The lowest BCUT2D eigenvalue weighted by Gasteiger charge is -2.04. The highest BCUT2D eigenvalue weighted by atomic mass is 127. The lowest BCUT2D eigenvalue weighted by molar-refractivity contribution is 0.736. The molecular formula is C17H24IN7. The zero-order valence-corrected chi connectivity index (χ0v) is 16.6. The maximum absolute atomic E-state index is 9.36. The summed E-state index contributed by atoms with van der Waals surface area (Å²) in [7, 11) is 0. The molecule has 0 saturated heterocycles. The Morgan fingerprint density at radius 3 is 2.72 bits per heavy atom. The quantitative estimate of drug-likeness (QED) is 0.257. The van der Waals surface area contributed by atoms with E-state index in [-0.39, 0.29) is 24.0 Å². The van der Waals surface area contributed by atoms with E-state index in [4.69, 9.17) is 11.5 Å². The van der Waals surface area contributed by atoms with E-state index in [2.05, 4.69) is 21.5 Å². The van der Waals surface area contributed by atoms with Crippen LogP contribution in [0.25, 0.3) is 5.69 Å². The van der Waals surface area contributed by atoms with Crippen LogP contribution >= 0.6 is 24.0 Å². The third kappa shape index (κ3) is 5.63. The summed E-state index contributed by atoms with van der Waals surface area (Å²) in [6.45, 7) is 3.44. The minimum Gasteiger partial charge on any atom is -0.382 e. The van der Waals surface area contributed by atoms with Crippen molar-refractivity contribution < 1.29 is 0 Å². The molecule has 134 valence electrons. The topological polar surface area (TPSA) is 118 Å². The summed E-state index contributed by atoms with van der Waals surface area (Å²) in [6, 6.07) is 11.7. The number of guanidine groups is 1. The van der Waals surface area contributed by atoms with E-state index in [0.29, 0.717) is 36.0 Å². The molecule has 0 amide bonds. The monoisotopic (exact) mass is 453 g/mol. The summed E-state index contributed by atoms with van der Waals surface area (Å²) in [5, 5.41) is 16.9. The van der Waals surface area contributed by atoms with Crippen molar-refractivity contribution in [2.45, 2.75) is 26.2 Å². The lowest BCUT2D eigenvalue weighted by atomic mass is 10.1. The van der Waals surface area contributed by atoms with Crippen LogP contribution in [0.4, 0.5) is 5.82 Å². The second kappa shape index (κ2) is 10.6. The maximum atomic E-state index is 9.36. The summed E-state index contributed by atoms with van der Waals surface area (Å²) < 4.78 is 1.61. The standard InChI is InChI=1S/C17H23N7.HI/c1-2-10-21-17(20)22-11-6-9-15-14(12-18)16(19)24(23-15)13-7-4-3-5-8-13;/h3-5,7-8H,2,6,9-11,19H2,1H3,(H3,20,21,22);1H. The van der Waals surface area contributed by atoms with Crippen LogP contribution < -0.4 is 16.8 Å². The summed E-state index contributed by atoms with van der Waals surface area (Å²) in [5.41, 5.74) is 13.8. The Hall–Kier alpha value is -2.28. The van der Waals surface area contributed by atoms with Crippen LogP contribution in [0.5, 0.6) is 0 Å². The molecule has 2 rings (SSSR count). The number of nitriles is 1. The van der Waals surface area contributed by atoms with Gasteiger partial charge in [0.25, 0.3) is 0 Å². The van der Waals surface area contributed by atoms with Crippen LogP contribution in [0.3, 0.4) is 0 Å². The SMILES string of the molecule is CCCN=C(N)NCCCc1nn(-c2ccccc2)c(N)c1C#N.I. The Morgan fingerprint density at radius 2 is 2.08 bits per heavy atom. The number of benzene rings is 1. The van der Waals surface area contributed by atoms with Gasteiger partial charge in [0, 0.05) is 13.1 Å². The summed E-state index contributed by atoms with van der Waals surface area (Å²) in [5.74, 6) is 0.822. The first-order valence-corrected chi connectivity index (χ1v) is 8.04. The number of para-hydroxylation sites is 1. The van der Waals surface area contributed by atoms with Crippen LogP contribution in [0.15, 0.2) is 35.3 Å². The van der Waals surface area contributed by atoms with Gasteiger partial charge in [-0.3, -0.25) is 4.99 Å². The maximum Gasteiger partial charge on any atom is 0.188 e. The van der Waals surface area contributed by atoms with Gasteiger partial charge in [0.15, 0.2) is 5.96 Å². The Balaban J connectivity index is 0.00000312. The number of aromatic nitrogens is 2. The van der Waals surface area contributed by atoms with Crippen molar-refractivity contribution in [1.82, 2.24) is 15.1 Å². The van der Waals surface area contributed by atoms with Gasteiger partial charge in [-0.05, 0) is 31.4 Å². The van der Waals surface area contributed by atoms with Gasteiger partial charge in [-0.25, -0.2) is 4.68 Å². The number of aryl methyl sites for hydroxylation is 1. The summed E-state index contributed by atoms with van der Waals surface area (Å²) in [4.78, 5) is 4.17. The van der Waals surface area contributed by atoms with Crippen molar-refractivity contribution in [3.8, 4) is 11.8 Å². The molecule has 0 aliphatic rings. The van der Waals surface area contributed by atoms with E-state index < -0.39 is 0 Å². The molecule has 1 aromatic carbocycles. The average molecular weight is 453 g/mol. The zero-order chi connectivity index (χ0) is 17.4. The van der Waals surface area contributed by atoms with Crippen LogP contribution in [-0.4, -0.2) is 28.8 Å². The van der Waals surface area contributed by atoms with E-state index >= 15 is 0 Å². The molecular weight excluding hydrogens is 429 g/mol. The highest BCUT2D eigenvalue weighted by Crippen LogP contribution is 2.21. The predicted molar refractivity (Wildman–Crippen MR) is 111 cm³/mol. The van der Waals surface area contributed by atoms with Crippen molar-refractivity contribution in [2.24, 2.45) is 10.7 Å². The van der Waals surface area contributed by atoms with Crippen molar-refractivity contribution in [1.29, 1.82) is 5.26 Å². The number of aliphatic imine (C=N–C) groups is 1. The second-order valence-electron chi connectivity index (χ2n) is 5.36. The van der Waals surface area contributed by atoms with E-state index in [1.165, 1.54) is 0 Å². The Bertz CT molecular complexity index is 731. The van der Waals surface area contributed by atoms with Crippen LogP contribution in [0, 0.1) is 11.3 Å². The molecule has 0 unspecified atom stereocenters. The molecule has 0 radical (unpaired) electrons. The van der Waals surface area contributed by atoms with Gasteiger partial charge in [0.1, 0.15) is 17.5 Å². The van der Waals surface area contributed by atoms with E-state index in [1.807, 2.05) is 37.3 Å². The largest absolute Gasteiger partial charge is 0.382 e. The number of nitrogen functional groups attached to an aromatic ring is 1. The molecule has 25 heavy (non-hydrogen) atoms. The Morgan fingerprint density at radius 1 is 1.36 bits per heavy atom. The van der Waals surface area contributed by atoms with Gasteiger partial charge in [-0.1, -0.05) is 25.1 Å². The highest BCUT2D eigenvalue weighted by molar-refractivity contribution is 14.0. The summed E-state index contributed by atoms with van der Waals surface area (Å²) in [6.07, 6.45) is 2.38. The zero-order valence-electron chi connectivity index (χ0n) is 14.3. The molecule has 0 atom stereocenters. The second-order valence-corrected chi connectivity index (χ2v) is 5.36. The number of nitrogens with zero attached hydrogens (tertiary/aromatic N) is 4. The first-order chi connectivity index (χ1) is 11.7. The number of rotatable bonds is 7. The molecule has 0 fully saturated rings. The van der Waals surface area contributed by atoms with Crippen molar-refractivity contribution in [2.75, 3.05) is 18.8 Å². The minimum atomic E-state index is 0. The summed E-state index contributed by atoms with van der Waals surface area (Å²) >= 11 is 0. The molecule has 0 spiro atoms. The molecule has 2 aromatic rings. The first kappa shape index (κ1) is 20.8. The molecule has 0 aliphatic carbocycles. The lowest BCUT2D eigenvalue weighted by Crippen LogP contribution is -2.32. The van der Waals surface area contributed by atoms with E-state index in [1.54, 1.807) is 4.68 Å². The van der Waals surface area contributed by atoms with Crippen molar-refractivity contribution in [3.05, 3.63) is 41.6 Å². The smallest absolute Gasteiger partial charge is 0.188 e. The number of nitrogens with one attached hydrogen (secondary N) is 1.